The summed E-state index contributed by atoms with van der Waals surface area (Å²) in [6.45, 7) is 2.08. The van der Waals surface area contributed by atoms with E-state index < -0.39 is 12.0 Å². The smallest absolute Gasteiger partial charge is 0.129 e. The van der Waals surface area contributed by atoms with Crippen molar-refractivity contribution in [2.75, 3.05) is 0 Å². The van der Waals surface area contributed by atoms with Crippen LogP contribution in [0.1, 0.15) is 16.7 Å². The monoisotopic (exact) mass is 199 g/mol. The summed E-state index contributed by atoms with van der Waals surface area (Å²) in [5.41, 5.74) is 3.51. The molecule has 0 radical (unpaired) electrons. The highest BCUT2D eigenvalue weighted by atomic mass is 32.1. The zero-order valence-electron chi connectivity index (χ0n) is 7.58. The molecule has 0 aliphatic rings. The fraction of sp³-hybridized carbons (Fsp3) is 0.444. The van der Waals surface area contributed by atoms with Crippen LogP contribution in [0.3, 0.4) is 0 Å². The summed E-state index contributed by atoms with van der Waals surface area (Å²) in [5, 5.41) is 10.4. The van der Waals surface area contributed by atoms with Crippen LogP contribution in [-0.2, 0) is 17.6 Å². The Morgan fingerprint density at radius 1 is 1.62 bits per heavy atom. The zero-order valence-corrected chi connectivity index (χ0v) is 8.39. The van der Waals surface area contributed by atoms with E-state index in [4.69, 9.17) is 0 Å². The Morgan fingerprint density at radius 3 is 2.69 bits per heavy atom. The lowest BCUT2D eigenvalue weighted by Gasteiger charge is -2.06. The third-order valence-corrected chi connectivity index (χ3v) is 3.10. The molecule has 1 aromatic rings. The van der Waals surface area contributed by atoms with Gasteiger partial charge in [0.15, 0.2) is 0 Å². The molecule has 0 aliphatic carbocycles. The lowest BCUT2D eigenvalue weighted by atomic mass is 10.2. The lowest BCUT2D eigenvalue weighted by molar-refractivity contribution is -0.436. The van der Waals surface area contributed by atoms with Gasteiger partial charge >= 0.3 is 0 Å². The number of quaternary nitrogens is 1. The molecule has 4 heteroatoms. The molecule has 13 heavy (non-hydrogen) atoms. The second kappa shape index (κ2) is 4.39. The first-order chi connectivity index (χ1) is 6.13. The molecule has 0 aliphatic heterocycles. The molecule has 0 saturated heterocycles. The van der Waals surface area contributed by atoms with E-state index in [0.29, 0.717) is 6.42 Å². The predicted octanol–water partition coefficient (Wildman–Crippen LogP) is -0.787. The second-order valence-corrected chi connectivity index (χ2v) is 4.19. The van der Waals surface area contributed by atoms with Gasteiger partial charge in [-0.25, -0.2) is 0 Å². The minimum Gasteiger partial charge on any atom is -0.544 e. The summed E-state index contributed by atoms with van der Waals surface area (Å²) < 4.78 is 0. The van der Waals surface area contributed by atoms with Gasteiger partial charge in [-0.2, -0.15) is 0 Å². The number of rotatable bonds is 4. The minimum atomic E-state index is -1.08. The molecule has 1 heterocycles. The molecule has 1 rings (SSSR count). The van der Waals surface area contributed by atoms with Crippen molar-refractivity contribution in [3.05, 3.63) is 21.9 Å². The van der Waals surface area contributed by atoms with Gasteiger partial charge in [-0.3, -0.25) is 0 Å². The van der Waals surface area contributed by atoms with Gasteiger partial charge in [-0.15, -0.1) is 11.3 Å². The van der Waals surface area contributed by atoms with Crippen LogP contribution in [0.15, 0.2) is 12.1 Å². The van der Waals surface area contributed by atoms with Gasteiger partial charge in [-0.1, -0.05) is 6.92 Å². The second-order valence-electron chi connectivity index (χ2n) is 2.94. The van der Waals surface area contributed by atoms with E-state index in [9.17, 15) is 9.90 Å². The number of aryl methyl sites for hydroxylation is 1. The fourth-order valence-electron chi connectivity index (χ4n) is 1.05. The van der Waals surface area contributed by atoms with E-state index in [1.165, 1.54) is 4.88 Å². The Labute approximate surface area is 81.2 Å². The molecular weight excluding hydrogens is 186 g/mol. The summed E-state index contributed by atoms with van der Waals surface area (Å²) in [5.74, 6) is -1.08. The molecular formula is C9H13NO2S. The summed E-state index contributed by atoms with van der Waals surface area (Å²) in [4.78, 5) is 12.8. The molecule has 1 aromatic heterocycles. The van der Waals surface area contributed by atoms with Crippen molar-refractivity contribution in [1.29, 1.82) is 0 Å². The third-order valence-electron chi connectivity index (χ3n) is 1.85. The molecule has 1 atom stereocenters. The molecule has 0 aromatic carbocycles. The Hall–Kier alpha value is -0.870. The van der Waals surface area contributed by atoms with Crippen LogP contribution < -0.4 is 10.8 Å². The van der Waals surface area contributed by atoms with Gasteiger partial charge in [0.05, 0.1) is 5.97 Å². The highest BCUT2D eigenvalue weighted by Crippen LogP contribution is 2.17. The normalized spacial score (nSPS) is 12.8. The van der Waals surface area contributed by atoms with Crippen molar-refractivity contribution in [2.45, 2.75) is 25.8 Å². The SMILES string of the molecule is CCc1ccc(C[C@H]([NH3+])C(=O)[O-])s1. The number of carboxylic acid groups (broad SMARTS) is 1. The Bertz CT molecular complexity index is 296. The van der Waals surface area contributed by atoms with Crippen molar-refractivity contribution in [3.63, 3.8) is 0 Å². The summed E-state index contributed by atoms with van der Waals surface area (Å²) in [6.07, 6.45) is 1.48. The molecule has 0 amide bonds. The first kappa shape index (κ1) is 10.2. The van der Waals surface area contributed by atoms with Crippen LogP contribution in [0.5, 0.6) is 0 Å². The molecule has 72 valence electrons. The van der Waals surface area contributed by atoms with Crippen LogP contribution in [0.4, 0.5) is 0 Å². The number of thiophene rings is 1. The van der Waals surface area contributed by atoms with Crippen LogP contribution in [0.2, 0.25) is 0 Å². The van der Waals surface area contributed by atoms with Gasteiger partial charge in [0, 0.05) is 16.2 Å². The molecule has 3 N–H and O–H groups in total. The molecule has 0 spiro atoms. The number of hydrogen-bond donors (Lipinski definition) is 1. The third kappa shape index (κ3) is 2.82. The van der Waals surface area contributed by atoms with E-state index in [-0.39, 0.29) is 0 Å². The standard InChI is InChI=1S/C9H13NO2S/c1-2-6-3-4-7(13-6)5-8(10)9(11)12/h3-4,8H,2,5,10H2,1H3,(H,11,12)/t8-/m0/s1. The van der Waals surface area contributed by atoms with Gasteiger partial charge < -0.3 is 15.6 Å². The summed E-state index contributed by atoms with van der Waals surface area (Å²) in [7, 11) is 0. The van der Waals surface area contributed by atoms with E-state index in [1.807, 2.05) is 12.1 Å². The van der Waals surface area contributed by atoms with Gasteiger partial charge in [0.2, 0.25) is 0 Å². The van der Waals surface area contributed by atoms with Crippen molar-refractivity contribution < 1.29 is 15.6 Å². The van der Waals surface area contributed by atoms with Crippen molar-refractivity contribution in [2.24, 2.45) is 0 Å². The zero-order chi connectivity index (χ0) is 9.84. The highest BCUT2D eigenvalue weighted by Gasteiger charge is 2.09. The number of hydrogen-bond acceptors (Lipinski definition) is 3. The maximum atomic E-state index is 10.4. The fourth-order valence-corrected chi connectivity index (χ4v) is 2.09. The van der Waals surface area contributed by atoms with Crippen LogP contribution >= 0.6 is 11.3 Å². The predicted molar refractivity (Wildman–Crippen MR) is 49.1 cm³/mol. The Morgan fingerprint density at radius 2 is 2.23 bits per heavy atom. The van der Waals surface area contributed by atoms with Crippen LogP contribution in [0.25, 0.3) is 0 Å². The average molecular weight is 199 g/mol. The first-order valence-corrected chi connectivity index (χ1v) is 5.06. The molecule has 0 saturated carbocycles. The quantitative estimate of drug-likeness (QED) is 0.690. The number of carbonyl (C=O) groups excluding carboxylic acids is 1. The Kier molecular flexibility index (Phi) is 3.45. The van der Waals surface area contributed by atoms with Gasteiger partial charge in [0.25, 0.3) is 0 Å². The lowest BCUT2D eigenvalue weighted by Crippen LogP contribution is -2.69. The van der Waals surface area contributed by atoms with E-state index in [0.717, 1.165) is 11.3 Å². The van der Waals surface area contributed by atoms with E-state index in [2.05, 4.69) is 12.7 Å². The largest absolute Gasteiger partial charge is 0.544 e. The molecule has 0 unspecified atom stereocenters. The minimum absolute atomic E-state index is 0.479. The van der Waals surface area contributed by atoms with Gasteiger partial charge in [-0.05, 0) is 18.6 Å². The maximum absolute atomic E-state index is 10.4. The Balaban J connectivity index is 2.58. The molecule has 3 nitrogen and oxygen atoms in total. The molecule has 0 fully saturated rings. The van der Waals surface area contributed by atoms with Crippen LogP contribution in [0, 0.1) is 0 Å². The summed E-state index contributed by atoms with van der Waals surface area (Å²) in [6, 6.07) is 3.36. The average Bonchev–Trinajstić information content (AvgIpc) is 2.52. The van der Waals surface area contributed by atoms with Crippen molar-refractivity contribution in [1.82, 2.24) is 0 Å². The summed E-state index contributed by atoms with van der Waals surface area (Å²) >= 11 is 1.65. The maximum Gasteiger partial charge on any atom is 0.129 e. The number of aliphatic carboxylic acids is 1. The number of carboxylic acids is 1. The van der Waals surface area contributed by atoms with Crippen molar-refractivity contribution in [3.8, 4) is 0 Å². The van der Waals surface area contributed by atoms with E-state index in [1.54, 1.807) is 11.3 Å². The van der Waals surface area contributed by atoms with Gasteiger partial charge in [0.1, 0.15) is 6.04 Å². The van der Waals surface area contributed by atoms with Crippen molar-refractivity contribution >= 4 is 17.3 Å². The topological polar surface area (TPSA) is 67.8 Å². The van der Waals surface area contributed by atoms with Crippen LogP contribution in [-0.4, -0.2) is 12.0 Å². The molecule has 0 bridgehead atoms. The first-order valence-electron chi connectivity index (χ1n) is 4.25. The highest BCUT2D eigenvalue weighted by molar-refractivity contribution is 7.12. The van der Waals surface area contributed by atoms with E-state index >= 15 is 0 Å². The number of carbonyl (C=O) groups is 1.